The van der Waals surface area contributed by atoms with Crippen LogP contribution in [0.4, 0.5) is 5.69 Å². The van der Waals surface area contributed by atoms with E-state index in [-0.39, 0.29) is 5.91 Å². The molecule has 1 amide bonds. The second-order valence-electron chi connectivity index (χ2n) is 9.93. The smallest absolute Gasteiger partial charge is 0.255 e. The van der Waals surface area contributed by atoms with Crippen LogP contribution < -0.4 is 9.62 Å². The molecule has 41 heavy (non-hydrogen) atoms. The van der Waals surface area contributed by atoms with Gasteiger partial charge in [-0.25, -0.2) is 8.42 Å². The Hall–Kier alpha value is -4.89. The number of carbonyl (C=O) groups excluding carboxylic acids is 1. The van der Waals surface area contributed by atoms with Gasteiger partial charge in [-0.15, -0.1) is 0 Å². The first kappa shape index (κ1) is 26.3. The molecule has 0 aliphatic carbocycles. The van der Waals surface area contributed by atoms with E-state index in [9.17, 15) is 13.2 Å². The van der Waals surface area contributed by atoms with Crippen LogP contribution in [0.2, 0.25) is 0 Å². The molecule has 0 aliphatic rings. The zero-order valence-electron chi connectivity index (χ0n) is 22.9. The van der Waals surface area contributed by atoms with Crippen molar-refractivity contribution in [2.24, 2.45) is 0 Å². The fourth-order valence-electron chi connectivity index (χ4n) is 4.89. The van der Waals surface area contributed by atoms with Crippen LogP contribution in [0.25, 0.3) is 55.8 Å². The summed E-state index contributed by atoms with van der Waals surface area (Å²) in [5.41, 5.74) is 5.46. The quantitative estimate of drug-likeness (QED) is 0.243. The van der Waals surface area contributed by atoms with E-state index in [4.69, 9.17) is 8.83 Å². The van der Waals surface area contributed by atoms with E-state index in [1.807, 2.05) is 73.7 Å². The molecule has 0 saturated carbocycles. The normalized spacial score (nSPS) is 11.7. The molecular weight excluding hydrogens is 538 g/mol. The zero-order valence-corrected chi connectivity index (χ0v) is 23.7. The van der Waals surface area contributed by atoms with Gasteiger partial charge in [-0.05, 0) is 37.3 Å². The van der Waals surface area contributed by atoms with Gasteiger partial charge < -0.3 is 14.2 Å². The summed E-state index contributed by atoms with van der Waals surface area (Å²) in [5.74, 6) is 0.733. The molecule has 6 rings (SSSR count). The SMILES string of the molecule is CNC(=O)c1c(-c2ccc(C)cc2)oc2cc(N(C)S(C)(=O)=O)c(-c3cc(-c4cc5ccccc5o4)ccn3)cc12. The second-order valence-corrected chi connectivity index (χ2v) is 11.9. The van der Waals surface area contributed by atoms with Crippen molar-refractivity contribution in [2.45, 2.75) is 6.92 Å². The van der Waals surface area contributed by atoms with Crippen molar-refractivity contribution < 1.29 is 22.0 Å². The number of aromatic nitrogens is 1. The third kappa shape index (κ3) is 4.74. The molecule has 0 atom stereocenters. The number of aryl methyl sites for hydroxylation is 1. The van der Waals surface area contributed by atoms with Crippen LogP contribution in [0.1, 0.15) is 15.9 Å². The lowest BCUT2D eigenvalue weighted by atomic mass is 9.99. The number of amides is 1. The summed E-state index contributed by atoms with van der Waals surface area (Å²) in [4.78, 5) is 17.8. The molecule has 0 bridgehead atoms. The summed E-state index contributed by atoms with van der Waals surface area (Å²) < 4.78 is 38.9. The average Bonchev–Trinajstić information content (AvgIpc) is 3.57. The lowest BCUT2D eigenvalue weighted by Crippen LogP contribution is -2.25. The van der Waals surface area contributed by atoms with Crippen LogP contribution >= 0.6 is 0 Å². The van der Waals surface area contributed by atoms with E-state index >= 15 is 0 Å². The Bertz CT molecular complexity index is 2020. The maximum atomic E-state index is 13.2. The van der Waals surface area contributed by atoms with Crippen LogP contribution in [0.3, 0.4) is 0 Å². The molecule has 0 unspecified atom stereocenters. The van der Waals surface area contributed by atoms with E-state index in [1.165, 1.54) is 11.4 Å². The van der Waals surface area contributed by atoms with Gasteiger partial charge in [0.15, 0.2) is 0 Å². The molecule has 3 aromatic heterocycles. The minimum atomic E-state index is -3.65. The molecule has 3 heterocycles. The molecule has 0 radical (unpaired) electrons. The summed E-state index contributed by atoms with van der Waals surface area (Å²) in [6, 6.07) is 24.4. The van der Waals surface area contributed by atoms with E-state index in [2.05, 4.69) is 10.3 Å². The first-order valence-electron chi connectivity index (χ1n) is 12.9. The standard InChI is InChI=1S/C32H27N3O5S/c1-19-9-11-20(12-10-19)31-30(32(36)33-2)24-17-23(26(18-29(24)40-31)35(3)41(4,37)38)25-15-22(13-14-34-25)28-16-21-7-5-6-8-27(21)39-28/h5-18H,1-4H3,(H,33,36). The third-order valence-corrected chi connectivity index (χ3v) is 8.35. The van der Waals surface area contributed by atoms with Crippen LogP contribution in [0.5, 0.6) is 0 Å². The maximum absolute atomic E-state index is 13.2. The number of pyridine rings is 1. The fraction of sp³-hybridized carbons (Fsp3) is 0.125. The van der Waals surface area contributed by atoms with Crippen molar-refractivity contribution in [3.8, 4) is 33.9 Å². The molecule has 0 aliphatic heterocycles. The van der Waals surface area contributed by atoms with E-state index in [0.717, 1.165) is 33.9 Å². The Labute approximate surface area is 237 Å². The van der Waals surface area contributed by atoms with Gasteiger partial charge in [0.2, 0.25) is 10.0 Å². The zero-order chi connectivity index (χ0) is 28.9. The summed E-state index contributed by atoms with van der Waals surface area (Å²) in [6.45, 7) is 1.98. The molecule has 6 aromatic rings. The second kappa shape index (κ2) is 9.94. The number of hydrogen-bond acceptors (Lipinski definition) is 6. The molecule has 9 heteroatoms. The lowest BCUT2D eigenvalue weighted by molar-refractivity contribution is 0.0964. The number of hydrogen-bond donors (Lipinski definition) is 1. The van der Waals surface area contributed by atoms with Crippen molar-refractivity contribution in [2.75, 3.05) is 24.7 Å². The number of para-hydroxylation sites is 1. The monoisotopic (exact) mass is 565 g/mol. The third-order valence-electron chi connectivity index (χ3n) is 7.16. The maximum Gasteiger partial charge on any atom is 0.255 e. The minimum Gasteiger partial charge on any atom is -0.456 e. The van der Waals surface area contributed by atoms with Crippen molar-refractivity contribution in [1.82, 2.24) is 10.3 Å². The highest BCUT2D eigenvalue weighted by Gasteiger charge is 2.26. The number of fused-ring (bicyclic) bond motifs is 2. The summed E-state index contributed by atoms with van der Waals surface area (Å²) in [6.07, 6.45) is 2.79. The highest BCUT2D eigenvalue weighted by molar-refractivity contribution is 7.92. The topological polar surface area (TPSA) is 106 Å². The Kier molecular flexibility index (Phi) is 6.38. The molecule has 3 aromatic carbocycles. The highest BCUT2D eigenvalue weighted by atomic mass is 32.2. The van der Waals surface area contributed by atoms with Gasteiger partial charge in [0.05, 0.1) is 23.2 Å². The molecule has 0 saturated heterocycles. The highest BCUT2D eigenvalue weighted by Crippen LogP contribution is 2.41. The number of sulfonamides is 1. The van der Waals surface area contributed by atoms with E-state index in [1.54, 1.807) is 25.4 Å². The van der Waals surface area contributed by atoms with Crippen molar-refractivity contribution in [1.29, 1.82) is 0 Å². The predicted octanol–water partition coefficient (Wildman–Crippen LogP) is 6.64. The van der Waals surface area contributed by atoms with Gasteiger partial charge >= 0.3 is 0 Å². The first-order chi connectivity index (χ1) is 19.6. The van der Waals surface area contributed by atoms with Gasteiger partial charge in [-0.3, -0.25) is 14.1 Å². The average molecular weight is 566 g/mol. The molecule has 0 fully saturated rings. The van der Waals surface area contributed by atoms with E-state index < -0.39 is 10.0 Å². The Morgan fingerprint density at radius 1 is 0.902 bits per heavy atom. The van der Waals surface area contributed by atoms with Gasteiger partial charge in [0.25, 0.3) is 5.91 Å². The van der Waals surface area contributed by atoms with Crippen molar-refractivity contribution >= 4 is 43.6 Å². The number of carbonyl (C=O) groups is 1. The van der Waals surface area contributed by atoms with Gasteiger partial charge in [0.1, 0.15) is 22.7 Å². The number of anilines is 1. The lowest BCUT2D eigenvalue weighted by Gasteiger charge is -2.20. The van der Waals surface area contributed by atoms with Gasteiger partial charge in [0, 0.05) is 53.8 Å². The summed E-state index contributed by atoms with van der Waals surface area (Å²) >= 11 is 0. The summed E-state index contributed by atoms with van der Waals surface area (Å²) in [5, 5.41) is 4.22. The number of rotatable bonds is 6. The number of nitrogens with one attached hydrogen (secondary N) is 1. The first-order valence-corrected chi connectivity index (χ1v) is 14.8. The van der Waals surface area contributed by atoms with Crippen molar-refractivity contribution in [3.63, 3.8) is 0 Å². The van der Waals surface area contributed by atoms with Crippen molar-refractivity contribution in [3.05, 3.63) is 96.2 Å². The number of furan rings is 2. The molecule has 206 valence electrons. The van der Waals surface area contributed by atoms with Crippen LogP contribution in [-0.4, -0.2) is 39.7 Å². The Balaban J connectivity index is 1.61. The largest absolute Gasteiger partial charge is 0.456 e. The van der Waals surface area contributed by atoms with Crippen LogP contribution in [0.15, 0.2) is 93.9 Å². The number of benzene rings is 3. The van der Waals surface area contributed by atoms with Crippen LogP contribution in [-0.2, 0) is 10.0 Å². The van der Waals surface area contributed by atoms with Gasteiger partial charge in [-0.1, -0.05) is 48.0 Å². The van der Waals surface area contributed by atoms with E-state index in [0.29, 0.717) is 45.0 Å². The predicted molar refractivity (Wildman–Crippen MR) is 161 cm³/mol. The Morgan fingerprint density at radius 2 is 1.66 bits per heavy atom. The summed E-state index contributed by atoms with van der Waals surface area (Å²) in [7, 11) is -0.610. The molecule has 8 nitrogen and oxygen atoms in total. The fourth-order valence-corrected chi connectivity index (χ4v) is 5.40. The number of nitrogens with zero attached hydrogens (tertiary/aromatic N) is 2. The molecular formula is C32H27N3O5S. The minimum absolute atomic E-state index is 0.321. The molecule has 0 spiro atoms. The Morgan fingerprint density at radius 3 is 2.37 bits per heavy atom. The van der Waals surface area contributed by atoms with Gasteiger partial charge in [-0.2, -0.15) is 0 Å². The van der Waals surface area contributed by atoms with Crippen LogP contribution in [0, 0.1) is 6.92 Å². The molecule has 1 N–H and O–H groups in total.